The summed E-state index contributed by atoms with van der Waals surface area (Å²) in [5.41, 5.74) is 3.72. The van der Waals surface area contributed by atoms with Gasteiger partial charge in [0, 0.05) is 11.3 Å². The van der Waals surface area contributed by atoms with Gasteiger partial charge in [0.2, 0.25) is 0 Å². The normalized spacial score (nSPS) is 20.0. The average molecular weight is 477 g/mol. The van der Waals surface area contributed by atoms with E-state index in [0.717, 1.165) is 24.8 Å². The zero-order chi connectivity index (χ0) is 23.7. The molecule has 176 valence electrons. The summed E-state index contributed by atoms with van der Waals surface area (Å²) in [4.78, 5) is 15.7. The lowest BCUT2D eigenvalue weighted by Crippen LogP contribution is -2.42. The van der Waals surface area contributed by atoms with Crippen molar-refractivity contribution in [3.05, 3.63) is 89.5 Å². The molecule has 1 heterocycles. The number of anilines is 1. The molecule has 0 saturated carbocycles. The standard InChI is InChI=1S/C27H28N2O4S/c1-2-25-27(30)29(24-14-8-10-19-9-6-7-13-23(19)24)18-20-17-21(15-16-26(20)33-25)28-34(31,32)22-11-4-3-5-12-22/h3-7,9,11-13,15-17,24-25,28H,2,8,10,14,18H2,1H3/t24-,25-/m0/s1. The molecule has 2 aliphatic rings. The van der Waals surface area contributed by atoms with E-state index in [4.69, 9.17) is 4.74 Å². The van der Waals surface area contributed by atoms with E-state index in [1.54, 1.807) is 48.5 Å². The predicted octanol–water partition coefficient (Wildman–Crippen LogP) is 5.06. The second kappa shape index (κ2) is 9.14. The van der Waals surface area contributed by atoms with Gasteiger partial charge in [-0.2, -0.15) is 0 Å². The lowest BCUT2D eigenvalue weighted by atomic mass is 9.86. The van der Waals surface area contributed by atoms with Crippen molar-refractivity contribution >= 4 is 21.6 Å². The van der Waals surface area contributed by atoms with Crippen molar-refractivity contribution in [3.63, 3.8) is 0 Å². The van der Waals surface area contributed by atoms with Gasteiger partial charge in [0.25, 0.3) is 15.9 Å². The molecule has 5 rings (SSSR count). The first-order chi connectivity index (χ1) is 16.5. The molecule has 2 atom stereocenters. The number of rotatable bonds is 5. The van der Waals surface area contributed by atoms with Gasteiger partial charge in [-0.05, 0) is 67.1 Å². The van der Waals surface area contributed by atoms with E-state index in [-0.39, 0.29) is 16.8 Å². The van der Waals surface area contributed by atoms with Crippen LogP contribution in [-0.4, -0.2) is 25.3 Å². The molecule has 0 aromatic heterocycles. The molecule has 0 radical (unpaired) electrons. The summed E-state index contributed by atoms with van der Waals surface area (Å²) in [5, 5.41) is 0. The first kappa shape index (κ1) is 22.5. The van der Waals surface area contributed by atoms with Crippen LogP contribution in [0.1, 0.15) is 48.9 Å². The van der Waals surface area contributed by atoms with Crippen molar-refractivity contribution in [3.8, 4) is 5.75 Å². The predicted molar refractivity (Wildman–Crippen MR) is 131 cm³/mol. The Kier molecular flexibility index (Phi) is 6.04. The van der Waals surface area contributed by atoms with Crippen molar-refractivity contribution in [2.24, 2.45) is 0 Å². The van der Waals surface area contributed by atoms with E-state index >= 15 is 0 Å². The largest absolute Gasteiger partial charge is 0.480 e. The second-order valence-electron chi connectivity index (χ2n) is 8.83. The summed E-state index contributed by atoms with van der Waals surface area (Å²) in [6, 6.07) is 21.8. The maximum atomic E-state index is 13.5. The number of hydrogen-bond acceptors (Lipinski definition) is 4. The van der Waals surface area contributed by atoms with Gasteiger partial charge in [-0.3, -0.25) is 9.52 Å². The fourth-order valence-corrected chi connectivity index (χ4v) is 5.99. The third-order valence-corrected chi connectivity index (χ3v) is 8.02. The molecule has 0 unspecified atom stereocenters. The highest BCUT2D eigenvalue weighted by atomic mass is 32.2. The van der Waals surface area contributed by atoms with Crippen LogP contribution in [0.5, 0.6) is 5.75 Å². The van der Waals surface area contributed by atoms with Crippen LogP contribution in [0.3, 0.4) is 0 Å². The summed E-state index contributed by atoms with van der Waals surface area (Å²) in [6.45, 7) is 2.31. The summed E-state index contributed by atoms with van der Waals surface area (Å²) >= 11 is 0. The lowest BCUT2D eigenvalue weighted by Gasteiger charge is -2.36. The fourth-order valence-electron chi connectivity index (χ4n) is 4.92. The van der Waals surface area contributed by atoms with Gasteiger partial charge >= 0.3 is 0 Å². The highest BCUT2D eigenvalue weighted by molar-refractivity contribution is 7.92. The van der Waals surface area contributed by atoms with Crippen LogP contribution in [0, 0.1) is 0 Å². The van der Waals surface area contributed by atoms with Crippen LogP contribution >= 0.6 is 0 Å². The number of ether oxygens (including phenoxy) is 1. The van der Waals surface area contributed by atoms with E-state index in [1.807, 2.05) is 24.0 Å². The first-order valence-corrected chi connectivity index (χ1v) is 13.2. The molecule has 3 aromatic carbocycles. The molecular formula is C27H28N2O4S. The van der Waals surface area contributed by atoms with E-state index in [0.29, 0.717) is 24.4 Å². The van der Waals surface area contributed by atoms with Crippen LogP contribution < -0.4 is 9.46 Å². The molecule has 34 heavy (non-hydrogen) atoms. The molecule has 3 aromatic rings. The third-order valence-electron chi connectivity index (χ3n) is 6.62. The number of nitrogens with one attached hydrogen (secondary N) is 1. The van der Waals surface area contributed by atoms with Crippen LogP contribution in [0.4, 0.5) is 5.69 Å². The number of hydrogen-bond donors (Lipinski definition) is 1. The zero-order valence-electron chi connectivity index (χ0n) is 19.1. The summed E-state index contributed by atoms with van der Waals surface area (Å²) in [5.74, 6) is 0.598. The Morgan fingerprint density at radius 2 is 1.76 bits per heavy atom. The van der Waals surface area contributed by atoms with Gasteiger partial charge in [-0.25, -0.2) is 8.42 Å². The molecule has 1 aliphatic heterocycles. The number of benzene rings is 3. The van der Waals surface area contributed by atoms with Crippen LogP contribution in [0.2, 0.25) is 0 Å². The minimum absolute atomic E-state index is 0.0215. The van der Waals surface area contributed by atoms with Crippen molar-refractivity contribution in [2.45, 2.75) is 56.2 Å². The highest BCUT2D eigenvalue weighted by Crippen LogP contribution is 2.39. The Balaban J connectivity index is 1.49. The maximum Gasteiger partial charge on any atom is 0.264 e. The molecule has 7 heteroatoms. The number of fused-ring (bicyclic) bond motifs is 2. The number of aryl methyl sites for hydroxylation is 1. The van der Waals surface area contributed by atoms with E-state index in [9.17, 15) is 13.2 Å². The van der Waals surface area contributed by atoms with Crippen molar-refractivity contribution in [1.29, 1.82) is 0 Å². The van der Waals surface area contributed by atoms with Gasteiger partial charge < -0.3 is 9.64 Å². The molecular weight excluding hydrogens is 448 g/mol. The third kappa shape index (κ3) is 4.28. The molecule has 0 fully saturated rings. The monoisotopic (exact) mass is 476 g/mol. The Labute approximate surface area is 200 Å². The van der Waals surface area contributed by atoms with Gasteiger partial charge in [0.15, 0.2) is 6.10 Å². The Morgan fingerprint density at radius 3 is 2.56 bits per heavy atom. The van der Waals surface area contributed by atoms with Gasteiger partial charge in [0.1, 0.15) is 5.75 Å². The summed E-state index contributed by atoms with van der Waals surface area (Å²) in [7, 11) is -3.72. The van der Waals surface area contributed by atoms with E-state index in [1.165, 1.54) is 11.1 Å². The maximum absolute atomic E-state index is 13.5. The number of amides is 1. The Bertz CT molecular complexity index is 1310. The molecule has 1 N–H and O–H groups in total. The Morgan fingerprint density at radius 1 is 1.00 bits per heavy atom. The van der Waals surface area contributed by atoms with Crippen molar-refractivity contribution < 1.29 is 17.9 Å². The van der Waals surface area contributed by atoms with E-state index in [2.05, 4.69) is 16.9 Å². The molecule has 1 aliphatic carbocycles. The minimum Gasteiger partial charge on any atom is -0.480 e. The number of carbonyl (C=O) groups is 1. The van der Waals surface area contributed by atoms with Crippen molar-refractivity contribution in [2.75, 3.05) is 4.72 Å². The molecule has 0 bridgehead atoms. The summed E-state index contributed by atoms with van der Waals surface area (Å²) < 4.78 is 34.5. The van der Waals surface area contributed by atoms with E-state index < -0.39 is 16.1 Å². The molecule has 6 nitrogen and oxygen atoms in total. The molecule has 0 saturated heterocycles. The van der Waals surface area contributed by atoms with Crippen molar-refractivity contribution in [1.82, 2.24) is 4.90 Å². The lowest BCUT2D eigenvalue weighted by molar-refractivity contribution is -0.141. The van der Waals surface area contributed by atoms with Crippen LogP contribution in [-0.2, 0) is 27.8 Å². The topological polar surface area (TPSA) is 75.7 Å². The van der Waals surface area contributed by atoms with Crippen LogP contribution in [0.25, 0.3) is 0 Å². The minimum atomic E-state index is -3.72. The molecule has 0 spiro atoms. The van der Waals surface area contributed by atoms with Gasteiger partial charge in [0.05, 0.1) is 17.5 Å². The first-order valence-electron chi connectivity index (χ1n) is 11.7. The number of nitrogens with zero attached hydrogens (tertiary/aromatic N) is 1. The van der Waals surface area contributed by atoms with Gasteiger partial charge in [-0.15, -0.1) is 0 Å². The zero-order valence-corrected chi connectivity index (χ0v) is 19.9. The smallest absolute Gasteiger partial charge is 0.264 e. The highest BCUT2D eigenvalue weighted by Gasteiger charge is 2.36. The SMILES string of the molecule is CC[C@@H]1Oc2ccc(NS(=O)(=O)c3ccccc3)cc2CN([C@H]2CCCc3ccccc32)C1=O. The number of carbonyl (C=O) groups excluding carboxylic acids is 1. The quantitative estimate of drug-likeness (QED) is 0.558. The fraction of sp³-hybridized carbons (Fsp3) is 0.296. The van der Waals surface area contributed by atoms with Gasteiger partial charge in [-0.1, -0.05) is 49.4 Å². The summed E-state index contributed by atoms with van der Waals surface area (Å²) in [6.07, 6.45) is 2.93. The second-order valence-corrected chi connectivity index (χ2v) is 10.5. The number of sulfonamides is 1. The van der Waals surface area contributed by atoms with Crippen LogP contribution in [0.15, 0.2) is 77.7 Å². The average Bonchev–Trinajstić information content (AvgIpc) is 3.00. The Hall–Kier alpha value is -3.32. The molecule has 1 amide bonds.